The van der Waals surface area contributed by atoms with Gasteiger partial charge in [0.1, 0.15) is 17.1 Å². The van der Waals surface area contributed by atoms with Crippen molar-refractivity contribution >= 4 is 5.91 Å². The fourth-order valence-corrected chi connectivity index (χ4v) is 1.81. The Balaban J connectivity index is 2.81. The van der Waals surface area contributed by atoms with Crippen LogP contribution in [0.1, 0.15) is 30.1 Å². The Bertz CT molecular complexity index is 398. The van der Waals surface area contributed by atoms with Crippen LogP contribution >= 0.6 is 0 Å². The molecule has 106 valence electrons. The van der Waals surface area contributed by atoms with Gasteiger partial charge in [-0.3, -0.25) is 4.79 Å². The van der Waals surface area contributed by atoms with Gasteiger partial charge in [-0.2, -0.15) is 0 Å². The van der Waals surface area contributed by atoms with Crippen LogP contribution in [0, 0.1) is 0 Å². The zero-order valence-electron chi connectivity index (χ0n) is 11.6. The minimum absolute atomic E-state index is 0.216. The minimum atomic E-state index is -0.533. The van der Waals surface area contributed by atoms with Crippen molar-refractivity contribution in [2.24, 2.45) is 0 Å². The molecular weight excluding hydrogens is 246 g/mol. The summed E-state index contributed by atoms with van der Waals surface area (Å²) in [4.78, 5) is 12.1. The Hall–Kier alpha value is -1.75. The Morgan fingerprint density at radius 3 is 2.37 bits per heavy atom. The fraction of sp³-hybridized carbons (Fsp3) is 0.500. The highest BCUT2D eigenvalue weighted by Crippen LogP contribution is 2.27. The first-order valence-electron chi connectivity index (χ1n) is 6.31. The molecule has 0 spiro atoms. The van der Waals surface area contributed by atoms with Crippen molar-refractivity contribution in [2.75, 3.05) is 20.8 Å². The zero-order valence-corrected chi connectivity index (χ0v) is 11.6. The van der Waals surface area contributed by atoms with Gasteiger partial charge in [-0.15, -0.1) is 0 Å². The highest BCUT2D eigenvalue weighted by molar-refractivity contribution is 5.99. The van der Waals surface area contributed by atoms with E-state index in [-0.39, 0.29) is 12.5 Å². The molecule has 1 atom stereocenters. The quantitative estimate of drug-likeness (QED) is 0.787. The van der Waals surface area contributed by atoms with Crippen molar-refractivity contribution in [2.45, 2.75) is 25.9 Å². The number of methoxy groups -OCH3 is 2. The molecule has 5 nitrogen and oxygen atoms in total. The maximum Gasteiger partial charge on any atom is 0.258 e. The Morgan fingerprint density at radius 2 is 1.89 bits per heavy atom. The number of ether oxygens (including phenoxy) is 2. The van der Waals surface area contributed by atoms with Crippen LogP contribution in [0.2, 0.25) is 0 Å². The Kier molecular flexibility index (Phi) is 6.15. The number of rotatable bonds is 7. The summed E-state index contributed by atoms with van der Waals surface area (Å²) in [5.41, 5.74) is 0.344. The van der Waals surface area contributed by atoms with Crippen molar-refractivity contribution in [3.63, 3.8) is 0 Å². The fourth-order valence-electron chi connectivity index (χ4n) is 1.81. The zero-order chi connectivity index (χ0) is 14.3. The summed E-state index contributed by atoms with van der Waals surface area (Å²) < 4.78 is 10.3. The first-order chi connectivity index (χ1) is 9.13. The van der Waals surface area contributed by atoms with E-state index in [1.165, 1.54) is 14.2 Å². The summed E-state index contributed by atoms with van der Waals surface area (Å²) in [6, 6.07) is 5.14. The molecule has 1 aromatic rings. The molecule has 1 unspecified atom stereocenters. The van der Waals surface area contributed by atoms with E-state index >= 15 is 0 Å². The third-order valence-electron chi connectivity index (χ3n) is 2.78. The van der Waals surface area contributed by atoms with Gasteiger partial charge in [0.15, 0.2) is 0 Å². The van der Waals surface area contributed by atoms with Crippen molar-refractivity contribution in [3.8, 4) is 11.5 Å². The number of aliphatic hydroxyl groups excluding tert-OH is 1. The van der Waals surface area contributed by atoms with Crippen LogP contribution in [0.15, 0.2) is 18.2 Å². The first-order valence-corrected chi connectivity index (χ1v) is 6.31. The molecule has 0 saturated heterocycles. The van der Waals surface area contributed by atoms with E-state index in [2.05, 4.69) is 5.32 Å². The van der Waals surface area contributed by atoms with E-state index in [0.29, 0.717) is 23.5 Å². The van der Waals surface area contributed by atoms with Crippen molar-refractivity contribution < 1.29 is 19.4 Å². The molecule has 0 aromatic heterocycles. The number of amides is 1. The van der Waals surface area contributed by atoms with Gasteiger partial charge in [0.25, 0.3) is 5.91 Å². The standard InChI is InChI=1S/C14H21NO4/c1-4-6-10(16)9-15-14(17)13-11(18-2)7-5-8-12(13)19-3/h5,7-8,10,16H,4,6,9H2,1-3H3,(H,15,17). The molecule has 1 amide bonds. The lowest BCUT2D eigenvalue weighted by molar-refractivity contribution is 0.0904. The predicted molar refractivity (Wildman–Crippen MR) is 72.8 cm³/mol. The van der Waals surface area contributed by atoms with Gasteiger partial charge in [0.2, 0.25) is 0 Å². The van der Waals surface area contributed by atoms with Gasteiger partial charge >= 0.3 is 0 Å². The largest absolute Gasteiger partial charge is 0.496 e. The monoisotopic (exact) mass is 267 g/mol. The summed E-state index contributed by atoms with van der Waals surface area (Å²) in [5, 5.41) is 12.3. The third kappa shape index (κ3) is 4.13. The smallest absolute Gasteiger partial charge is 0.258 e. The SMILES string of the molecule is CCCC(O)CNC(=O)c1c(OC)cccc1OC. The number of hydrogen-bond donors (Lipinski definition) is 2. The van der Waals surface area contributed by atoms with Crippen LogP contribution < -0.4 is 14.8 Å². The lowest BCUT2D eigenvalue weighted by Gasteiger charge is -2.14. The molecule has 19 heavy (non-hydrogen) atoms. The molecule has 0 aliphatic heterocycles. The first kappa shape index (κ1) is 15.3. The van der Waals surface area contributed by atoms with Crippen LogP contribution in [0.4, 0.5) is 0 Å². The maximum atomic E-state index is 12.1. The van der Waals surface area contributed by atoms with Crippen LogP contribution in [-0.2, 0) is 0 Å². The van der Waals surface area contributed by atoms with Crippen LogP contribution in [0.25, 0.3) is 0 Å². The molecule has 1 aromatic carbocycles. The summed E-state index contributed by atoms with van der Waals surface area (Å²) in [7, 11) is 3.00. The lowest BCUT2D eigenvalue weighted by atomic mass is 10.1. The molecule has 0 saturated carbocycles. The molecule has 2 N–H and O–H groups in total. The summed E-state index contributed by atoms with van der Waals surface area (Å²) in [5.74, 6) is 0.577. The van der Waals surface area contributed by atoms with E-state index < -0.39 is 6.10 Å². The molecule has 5 heteroatoms. The van der Waals surface area contributed by atoms with Gasteiger partial charge in [0.05, 0.1) is 20.3 Å². The molecule has 1 rings (SSSR count). The Morgan fingerprint density at radius 1 is 1.32 bits per heavy atom. The Labute approximate surface area is 113 Å². The van der Waals surface area contributed by atoms with E-state index in [4.69, 9.17) is 9.47 Å². The number of benzene rings is 1. The predicted octanol–water partition coefficient (Wildman–Crippen LogP) is 1.59. The van der Waals surface area contributed by atoms with Crippen molar-refractivity contribution in [1.29, 1.82) is 0 Å². The van der Waals surface area contributed by atoms with Crippen LogP contribution in [0.5, 0.6) is 11.5 Å². The summed E-state index contributed by atoms with van der Waals surface area (Å²) in [6.45, 7) is 2.20. The second-order valence-corrected chi connectivity index (χ2v) is 4.19. The third-order valence-corrected chi connectivity index (χ3v) is 2.78. The number of nitrogens with one attached hydrogen (secondary N) is 1. The van der Waals surface area contributed by atoms with Gasteiger partial charge in [-0.25, -0.2) is 0 Å². The lowest BCUT2D eigenvalue weighted by Crippen LogP contribution is -2.32. The van der Waals surface area contributed by atoms with E-state index in [1.54, 1.807) is 18.2 Å². The molecule has 0 heterocycles. The normalized spacial score (nSPS) is 11.8. The van der Waals surface area contributed by atoms with E-state index in [0.717, 1.165) is 6.42 Å². The summed E-state index contributed by atoms with van der Waals surface area (Å²) in [6.07, 6.45) is 0.993. The number of carbonyl (C=O) groups is 1. The van der Waals surface area contributed by atoms with Gasteiger partial charge in [-0.05, 0) is 18.6 Å². The number of aliphatic hydroxyl groups is 1. The van der Waals surface area contributed by atoms with E-state index in [9.17, 15) is 9.90 Å². The van der Waals surface area contributed by atoms with E-state index in [1.807, 2.05) is 6.92 Å². The average Bonchev–Trinajstić information content (AvgIpc) is 2.44. The number of hydrogen-bond acceptors (Lipinski definition) is 4. The topological polar surface area (TPSA) is 67.8 Å². The molecule has 0 aliphatic carbocycles. The second-order valence-electron chi connectivity index (χ2n) is 4.19. The van der Waals surface area contributed by atoms with Crippen molar-refractivity contribution in [1.82, 2.24) is 5.32 Å². The molecule has 0 fully saturated rings. The summed E-state index contributed by atoms with van der Waals surface area (Å²) >= 11 is 0. The molecular formula is C14H21NO4. The van der Waals surface area contributed by atoms with Crippen molar-refractivity contribution in [3.05, 3.63) is 23.8 Å². The van der Waals surface area contributed by atoms with Crippen LogP contribution in [0.3, 0.4) is 0 Å². The van der Waals surface area contributed by atoms with Gasteiger partial charge < -0.3 is 19.9 Å². The average molecular weight is 267 g/mol. The number of carbonyl (C=O) groups excluding carboxylic acids is 1. The van der Waals surface area contributed by atoms with Gasteiger partial charge in [0, 0.05) is 6.54 Å². The highest BCUT2D eigenvalue weighted by Gasteiger charge is 2.18. The van der Waals surface area contributed by atoms with Gasteiger partial charge in [-0.1, -0.05) is 19.4 Å². The molecule has 0 radical (unpaired) electrons. The van der Waals surface area contributed by atoms with Crippen LogP contribution in [-0.4, -0.2) is 37.9 Å². The maximum absolute atomic E-state index is 12.1. The minimum Gasteiger partial charge on any atom is -0.496 e. The molecule has 0 aliphatic rings. The highest BCUT2D eigenvalue weighted by atomic mass is 16.5. The second kappa shape index (κ2) is 7.63. The molecule has 0 bridgehead atoms.